The summed E-state index contributed by atoms with van der Waals surface area (Å²) in [5, 5.41) is 3.43. The third-order valence-corrected chi connectivity index (χ3v) is 3.45. The van der Waals surface area contributed by atoms with Crippen LogP contribution < -0.4 is 5.32 Å². The van der Waals surface area contributed by atoms with E-state index >= 15 is 0 Å². The Labute approximate surface area is 74.7 Å². The maximum atomic E-state index is 5.32. The van der Waals surface area contributed by atoms with Crippen molar-refractivity contribution in [3.8, 4) is 0 Å². The van der Waals surface area contributed by atoms with Gasteiger partial charge in [-0.15, -0.1) is 0 Å². The average Bonchev–Trinajstić information content (AvgIpc) is 2.49. The van der Waals surface area contributed by atoms with E-state index in [4.69, 9.17) is 4.74 Å². The molecule has 0 aromatic heterocycles. The lowest BCUT2D eigenvalue weighted by Crippen LogP contribution is -2.43. The molecule has 1 atom stereocenters. The molecule has 70 valence electrons. The van der Waals surface area contributed by atoms with Gasteiger partial charge in [0.25, 0.3) is 0 Å². The molecule has 0 saturated carbocycles. The minimum atomic E-state index is 0.566. The predicted molar refractivity (Wildman–Crippen MR) is 49.1 cm³/mol. The van der Waals surface area contributed by atoms with Crippen LogP contribution in [0.2, 0.25) is 0 Å². The molecule has 1 unspecified atom stereocenters. The first-order valence-corrected chi connectivity index (χ1v) is 5.13. The van der Waals surface area contributed by atoms with Crippen LogP contribution in [-0.2, 0) is 4.74 Å². The van der Waals surface area contributed by atoms with Gasteiger partial charge in [-0.3, -0.25) is 0 Å². The maximum Gasteiger partial charge on any atom is 0.0544 e. The van der Waals surface area contributed by atoms with Crippen molar-refractivity contribution in [3.05, 3.63) is 0 Å². The highest BCUT2D eigenvalue weighted by Gasteiger charge is 2.39. The molecule has 0 radical (unpaired) electrons. The van der Waals surface area contributed by atoms with Gasteiger partial charge in [0.2, 0.25) is 0 Å². The van der Waals surface area contributed by atoms with Gasteiger partial charge in [0.05, 0.1) is 13.2 Å². The van der Waals surface area contributed by atoms with E-state index in [1.165, 1.54) is 32.4 Å². The molecule has 2 nitrogen and oxygen atoms in total. The van der Waals surface area contributed by atoms with Crippen molar-refractivity contribution in [2.75, 3.05) is 26.3 Å². The molecule has 2 saturated heterocycles. The van der Waals surface area contributed by atoms with E-state index in [0.717, 1.165) is 19.1 Å². The fourth-order valence-electron chi connectivity index (χ4n) is 2.36. The van der Waals surface area contributed by atoms with E-state index in [1.54, 1.807) is 0 Å². The first kappa shape index (κ1) is 8.52. The molecule has 0 aromatic rings. The highest BCUT2D eigenvalue weighted by atomic mass is 16.5. The van der Waals surface area contributed by atoms with Crippen LogP contribution in [0.1, 0.15) is 26.2 Å². The summed E-state index contributed by atoms with van der Waals surface area (Å²) in [6.07, 6.45) is 4.06. The highest BCUT2D eigenvalue weighted by Crippen LogP contribution is 2.38. The fraction of sp³-hybridized carbons (Fsp3) is 1.00. The van der Waals surface area contributed by atoms with Gasteiger partial charge in [-0.1, -0.05) is 6.92 Å². The van der Waals surface area contributed by atoms with Crippen LogP contribution >= 0.6 is 0 Å². The van der Waals surface area contributed by atoms with E-state index in [0.29, 0.717) is 5.41 Å². The summed E-state index contributed by atoms with van der Waals surface area (Å²) >= 11 is 0. The number of hydrogen-bond acceptors (Lipinski definition) is 2. The molecule has 2 rings (SSSR count). The van der Waals surface area contributed by atoms with Crippen LogP contribution in [0.25, 0.3) is 0 Å². The van der Waals surface area contributed by atoms with E-state index in [2.05, 4.69) is 12.2 Å². The summed E-state index contributed by atoms with van der Waals surface area (Å²) in [6, 6.07) is 0. The Balaban J connectivity index is 1.83. The molecule has 2 heterocycles. The largest absolute Gasteiger partial charge is 0.380 e. The second kappa shape index (κ2) is 3.35. The second-order valence-corrected chi connectivity index (χ2v) is 4.41. The van der Waals surface area contributed by atoms with E-state index in [1.807, 2.05) is 0 Å². The summed E-state index contributed by atoms with van der Waals surface area (Å²) < 4.78 is 5.32. The third kappa shape index (κ3) is 1.50. The van der Waals surface area contributed by atoms with E-state index in [9.17, 15) is 0 Å². The van der Waals surface area contributed by atoms with Crippen LogP contribution in [0.5, 0.6) is 0 Å². The SMILES string of the molecule is CCC1(CC2CCNC2)COC1. The lowest BCUT2D eigenvalue weighted by Gasteiger charge is -2.42. The van der Waals surface area contributed by atoms with Gasteiger partial charge < -0.3 is 10.1 Å². The lowest BCUT2D eigenvalue weighted by atomic mass is 9.75. The molecule has 2 aliphatic rings. The van der Waals surface area contributed by atoms with Gasteiger partial charge in [-0.05, 0) is 38.3 Å². The van der Waals surface area contributed by atoms with Crippen LogP contribution in [-0.4, -0.2) is 26.3 Å². The van der Waals surface area contributed by atoms with Crippen LogP contribution in [0.15, 0.2) is 0 Å². The Bertz CT molecular complexity index is 142. The van der Waals surface area contributed by atoms with Gasteiger partial charge >= 0.3 is 0 Å². The molecule has 0 aliphatic carbocycles. The summed E-state index contributed by atoms with van der Waals surface area (Å²) in [5.74, 6) is 0.925. The second-order valence-electron chi connectivity index (χ2n) is 4.41. The Morgan fingerprint density at radius 2 is 2.33 bits per heavy atom. The average molecular weight is 169 g/mol. The van der Waals surface area contributed by atoms with Gasteiger partial charge in [0, 0.05) is 5.41 Å². The van der Waals surface area contributed by atoms with Crippen molar-refractivity contribution < 1.29 is 4.74 Å². The molecule has 2 aliphatic heterocycles. The smallest absolute Gasteiger partial charge is 0.0544 e. The van der Waals surface area contributed by atoms with E-state index in [-0.39, 0.29) is 0 Å². The minimum Gasteiger partial charge on any atom is -0.380 e. The number of nitrogens with one attached hydrogen (secondary N) is 1. The number of hydrogen-bond donors (Lipinski definition) is 1. The fourth-order valence-corrected chi connectivity index (χ4v) is 2.36. The number of rotatable bonds is 3. The Morgan fingerprint density at radius 3 is 2.75 bits per heavy atom. The van der Waals surface area contributed by atoms with Crippen molar-refractivity contribution in [2.24, 2.45) is 11.3 Å². The van der Waals surface area contributed by atoms with Crippen molar-refractivity contribution in [1.29, 1.82) is 0 Å². The van der Waals surface area contributed by atoms with Gasteiger partial charge in [0.1, 0.15) is 0 Å². The molecular weight excluding hydrogens is 150 g/mol. The van der Waals surface area contributed by atoms with E-state index < -0.39 is 0 Å². The Kier molecular flexibility index (Phi) is 2.37. The normalized spacial score (nSPS) is 33.2. The molecule has 1 N–H and O–H groups in total. The van der Waals surface area contributed by atoms with Crippen molar-refractivity contribution >= 4 is 0 Å². The van der Waals surface area contributed by atoms with Crippen molar-refractivity contribution in [1.82, 2.24) is 5.32 Å². The molecule has 0 bridgehead atoms. The molecule has 0 amide bonds. The maximum absolute atomic E-state index is 5.32. The zero-order valence-corrected chi connectivity index (χ0v) is 7.94. The molecular formula is C10H19NO. The van der Waals surface area contributed by atoms with Crippen LogP contribution in [0.4, 0.5) is 0 Å². The molecule has 12 heavy (non-hydrogen) atoms. The van der Waals surface area contributed by atoms with Crippen LogP contribution in [0.3, 0.4) is 0 Å². The predicted octanol–water partition coefficient (Wildman–Crippen LogP) is 1.41. The molecule has 0 spiro atoms. The lowest BCUT2D eigenvalue weighted by molar-refractivity contribution is -0.125. The third-order valence-electron chi connectivity index (χ3n) is 3.45. The Morgan fingerprint density at radius 1 is 1.50 bits per heavy atom. The van der Waals surface area contributed by atoms with Crippen molar-refractivity contribution in [3.63, 3.8) is 0 Å². The summed E-state index contributed by atoms with van der Waals surface area (Å²) in [7, 11) is 0. The standard InChI is InChI=1S/C10H19NO/c1-2-10(7-12-8-10)5-9-3-4-11-6-9/h9,11H,2-8H2,1H3. The zero-order chi connectivity index (χ0) is 8.44. The van der Waals surface area contributed by atoms with Crippen molar-refractivity contribution in [2.45, 2.75) is 26.2 Å². The first-order chi connectivity index (χ1) is 5.85. The first-order valence-electron chi connectivity index (χ1n) is 5.13. The molecule has 2 fully saturated rings. The summed E-state index contributed by atoms with van der Waals surface area (Å²) in [6.45, 7) is 6.79. The van der Waals surface area contributed by atoms with Crippen LogP contribution in [0, 0.1) is 11.3 Å². The van der Waals surface area contributed by atoms with Gasteiger partial charge in [-0.2, -0.15) is 0 Å². The molecule has 0 aromatic carbocycles. The summed E-state index contributed by atoms with van der Waals surface area (Å²) in [5.41, 5.74) is 0.566. The Hall–Kier alpha value is -0.0800. The van der Waals surface area contributed by atoms with Gasteiger partial charge in [0.15, 0.2) is 0 Å². The highest BCUT2D eigenvalue weighted by molar-refractivity contribution is 4.88. The summed E-state index contributed by atoms with van der Waals surface area (Å²) in [4.78, 5) is 0. The molecule has 2 heteroatoms. The topological polar surface area (TPSA) is 21.3 Å². The monoisotopic (exact) mass is 169 g/mol. The van der Waals surface area contributed by atoms with Gasteiger partial charge in [-0.25, -0.2) is 0 Å². The zero-order valence-electron chi connectivity index (χ0n) is 7.94. The number of ether oxygens (including phenoxy) is 1. The quantitative estimate of drug-likeness (QED) is 0.689. The minimum absolute atomic E-state index is 0.566.